The molecule has 0 saturated carbocycles. The molecule has 1 amide bonds. The second-order valence-electron chi connectivity index (χ2n) is 8.51. The maximum atomic E-state index is 13.4. The second kappa shape index (κ2) is 8.95. The highest BCUT2D eigenvalue weighted by atomic mass is 32.2. The zero-order valence-corrected chi connectivity index (χ0v) is 19.5. The summed E-state index contributed by atoms with van der Waals surface area (Å²) >= 11 is 0. The molecule has 1 fully saturated rings. The summed E-state index contributed by atoms with van der Waals surface area (Å²) in [6.45, 7) is 4.86. The van der Waals surface area contributed by atoms with Crippen LogP contribution in [0.15, 0.2) is 58.5 Å². The number of rotatable bonds is 5. The molecule has 4 rings (SSSR count). The molecule has 0 spiro atoms. The average Bonchev–Trinajstić information content (AvgIpc) is 2.80. The van der Waals surface area contributed by atoms with Gasteiger partial charge in [0.05, 0.1) is 18.0 Å². The fraction of sp³-hybridized carbons (Fsp3) is 0.348. The summed E-state index contributed by atoms with van der Waals surface area (Å²) in [6.07, 6.45) is 2.18. The zero-order chi connectivity index (χ0) is 23.8. The van der Waals surface area contributed by atoms with Gasteiger partial charge in [-0.25, -0.2) is 18.1 Å². The number of benzene rings is 2. The van der Waals surface area contributed by atoms with Crippen molar-refractivity contribution in [1.82, 2.24) is 14.0 Å². The van der Waals surface area contributed by atoms with Crippen LogP contribution in [-0.4, -0.2) is 48.5 Å². The van der Waals surface area contributed by atoms with Crippen LogP contribution in [0.3, 0.4) is 0 Å². The van der Waals surface area contributed by atoms with E-state index in [1.165, 1.54) is 35.9 Å². The van der Waals surface area contributed by atoms with Crippen molar-refractivity contribution in [3.63, 3.8) is 0 Å². The van der Waals surface area contributed by atoms with E-state index in [0.29, 0.717) is 24.0 Å². The highest BCUT2D eigenvalue weighted by Crippen LogP contribution is 2.32. The molecule has 0 unspecified atom stereocenters. The summed E-state index contributed by atoms with van der Waals surface area (Å²) in [4.78, 5) is 29.7. The fourth-order valence-electron chi connectivity index (χ4n) is 4.28. The van der Waals surface area contributed by atoms with Crippen molar-refractivity contribution >= 4 is 26.8 Å². The van der Waals surface area contributed by atoms with E-state index < -0.39 is 21.5 Å². The van der Waals surface area contributed by atoms with E-state index in [0.717, 1.165) is 11.1 Å². The first-order valence-electron chi connectivity index (χ1n) is 10.7. The Morgan fingerprint density at radius 3 is 2.52 bits per heavy atom. The lowest BCUT2D eigenvalue weighted by molar-refractivity contribution is 0.101. The molecule has 1 aromatic heterocycles. The standard InChI is InChI=1S/C23H26N4O5S/c1-15-10-16(2)13-26(12-15)33(30,31)21-11-17(8-9-20(21)32-3)22(28)25-27-14-24-19-7-5-4-6-18(19)23(27)29/h4-9,11,14-16H,10,12-13H2,1-3H3,(H,25,28)/t15-,16+. The van der Waals surface area contributed by atoms with E-state index in [1.807, 2.05) is 13.8 Å². The first-order chi connectivity index (χ1) is 15.7. The number of nitrogens with zero attached hydrogens (tertiary/aromatic N) is 3. The van der Waals surface area contributed by atoms with E-state index in [1.54, 1.807) is 24.3 Å². The number of aromatic nitrogens is 2. The van der Waals surface area contributed by atoms with E-state index in [-0.39, 0.29) is 28.0 Å². The van der Waals surface area contributed by atoms with Crippen molar-refractivity contribution in [3.8, 4) is 5.75 Å². The van der Waals surface area contributed by atoms with Gasteiger partial charge in [-0.3, -0.25) is 15.0 Å². The van der Waals surface area contributed by atoms with E-state index in [9.17, 15) is 18.0 Å². The van der Waals surface area contributed by atoms with Crippen molar-refractivity contribution < 1.29 is 17.9 Å². The number of nitrogens with one attached hydrogen (secondary N) is 1. The highest BCUT2D eigenvalue weighted by Gasteiger charge is 2.34. The van der Waals surface area contributed by atoms with Crippen LogP contribution in [0.4, 0.5) is 0 Å². The first kappa shape index (κ1) is 22.9. The van der Waals surface area contributed by atoms with E-state index in [2.05, 4.69) is 10.4 Å². The molecule has 174 valence electrons. The minimum Gasteiger partial charge on any atom is -0.495 e. The van der Waals surface area contributed by atoms with Crippen LogP contribution < -0.4 is 15.7 Å². The molecule has 1 N–H and O–H groups in total. The molecular weight excluding hydrogens is 444 g/mol. The van der Waals surface area contributed by atoms with Crippen molar-refractivity contribution in [3.05, 3.63) is 64.7 Å². The van der Waals surface area contributed by atoms with Gasteiger partial charge in [0.25, 0.3) is 11.5 Å². The number of methoxy groups -OCH3 is 1. The molecule has 2 aromatic carbocycles. The number of carbonyl (C=O) groups is 1. The van der Waals surface area contributed by atoms with Crippen LogP contribution in [0.2, 0.25) is 0 Å². The summed E-state index contributed by atoms with van der Waals surface area (Å²) in [5, 5.41) is 0.353. The maximum absolute atomic E-state index is 13.4. The summed E-state index contributed by atoms with van der Waals surface area (Å²) < 4.78 is 34.6. The summed E-state index contributed by atoms with van der Waals surface area (Å²) in [5.74, 6) is -0.0304. The number of hydrogen-bond acceptors (Lipinski definition) is 6. The third-order valence-corrected chi connectivity index (χ3v) is 7.62. The normalized spacial score (nSPS) is 19.4. The molecule has 2 atom stereocenters. The van der Waals surface area contributed by atoms with Crippen LogP contribution in [0.5, 0.6) is 5.75 Å². The number of amides is 1. The summed E-state index contributed by atoms with van der Waals surface area (Å²) in [5.41, 5.74) is 2.63. The molecule has 1 aliphatic rings. The Hall–Kier alpha value is -3.24. The van der Waals surface area contributed by atoms with E-state index >= 15 is 0 Å². The number of piperidine rings is 1. The van der Waals surface area contributed by atoms with Crippen molar-refractivity contribution in [2.75, 3.05) is 25.6 Å². The lowest BCUT2D eigenvalue weighted by Crippen LogP contribution is -2.42. The van der Waals surface area contributed by atoms with Crippen molar-refractivity contribution in [1.29, 1.82) is 0 Å². The Kier molecular flexibility index (Phi) is 6.22. The molecule has 10 heteroatoms. The van der Waals surface area contributed by atoms with Crippen LogP contribution in [-0.2, 0) is 10.0 Å². The zero-order valence-electron chi connectivity index (χ0n) is 18.7. The largest absolute Gasteiger partial charge is 0.495 e. The Morgan fingerprint density at radius 2 is 1.82 bits per heavy atom. The van der Waals surface area contributed by atoms with Crippen LogP contribution in [0, 0.1) is 11.8 Å². The molecule has 0 bridgehead atoms. The first-order valence-corrected chi connectivity index (χ1v) is 12.1. The van der Waals surface area contributed by atoms with Crippen molar-refractivity contribution in [2.24, 2.45) is 11.8 Å². The van der Waals surface area contributed by atoms with Gasteiger partial charge >= 0.3 is 0 Å². The number of carbonyl (C=O) groups excluding carboxylic acids is 1. The number of sulfonamides is 1. The highest BCUT2D eigenvalue weighted by molar-refractivity contribution is 7.89. The Balaban J connectivity index is 1.67. The molecular formula is C23H26N4O5S. The Bertz CT molecular complexity index is 1360. The van der Waals surface area contributed by atoms with Crippen LogP contribution in [0.25, 0.3) is 10.9 Å². The quantitative estimate of drug-likeness (QED) is 0.613. The van der Waals surface area contributed by atoms with Gasteiger partial charge in [0.2, 0.25) is 10.0 Å². The molecule has 1 aliphatic heterocycles. The predicted octanol–water partition coefficient (Wildman–Crippen LogP) is 2.46. The van der Waals surface area contributed by atoms with Gasteiger partial charge in [-0.2, -0.15) is 4.31 Å². The number of ether oxygens (including phenoxy) is 1. The maximum Gasteiger partial charge on any atom is 0.280 e. The molecule has 2 heterocycles. The number of para-hydroxylation sites is 1. The minimum atomic E-state index is -3.89. The lowest BCUT2D eigenvalue weighted by Gasteiger charge is -2.34. The molecule has 0 aliphatic carbocycles. The van der Waals surface area contributed by atoms with Gasteiger partial charge in [0, 0.05) is 18.7 Å². The van der Waals surface area contributed by atoms with Gasteiger partial charge in [0.1, 0.15) is 17.0 Å². The van der Waals surface area contributed by atoms with Gasteiger partial charge in [-0.15, -0.1) is 0 Å². The van der Waals surface area contributed by atoms with Gasteiger partial charge in [-0.1, -0.05) is 26.0 Å². The Labute approximate surface area is 192 Å². The second-order valence-corrected chi connectivity index (χ2v) is 10.4. The molecule has 3 aromatic rings. The van der Waals surface area contributed by atoms with Gasteiger partial charge in [-0.05, 0) is 48.6 Å². The number of hydrogen-bond donors (Lipinski definition) is 1. The van der Waals surface area contributed by atoms with Gasteiger partial charge in [0.15, 0.2) is 0 Å². The summed E-state index contributed by atoms with van der Waals surface area (Å²) in [7, 11) is -2.50. The van der Waals surface area contributed by atoms with Crippen LogP contribution in [0.1, 0.15) is 30.6 Å². The topological polar surface area (TPSA) is 111 Å². The molecule has 1 saturated heterocycles. The molecule has 9 nitrogen and oxygen atoms in total. The fourth-order valence-corrected chi connectivity index (χ4v) is 6.14. The SMILES string of the molecule is COc1ccc(C(=O)Nn2cnc3ccccc3c2=O)cc1S(=O)(=O)N1C[C@H](C)C[C@H](C)C1. The predicted molar refractivity (Wildman–Crippen MR) is 124 cm³/mol. The summed E-state index contributed by atoms with van der Waals surface area (Å²) in [6, 6.07) is 11.0. The van der Waals surface area contributed by atoms with Crippen molar-refractivity contribution in [2.45, 2.75) is 25.2 Å². The third kappa shape index (κ3) is 4.49. The van der Waals surface area contributed by atoms with Crippen LogP contribution >= 0.6 is 0 Å². The van der Waals surface area contributed by atoms with Gasteiger partial charge < -0.3 is 4.74 Å². The number of fused-ring (bicyclic) bond motifs is 1. The van der Waals surface area contributed by atoms with E-state index in [4.69, 9.17) is 4.74 Å². The third-order valence-electron chi connectivity index (χ3n) is 5.77. The lowest BCUT2D eigenvalue weighted by atomic mass is 9.94. The minimum absolute atomic E-state index is 0.0764. The Morgan fingerprint density at radius 1 is 1.12 bits per heavy atom. The molecule has 33 heavy (non-hydrogen) atoms. The monoisotopic (exact) mass is 470 g/mol. The smallest absolute Gasteiger partial charge is 0.280 e. The average molecular weight is 471 g/mol. The molecule has 0 radical (unpaired) electrons.